The number of Topliss-reactive ketones (excluding diaryl/α,β-unsaturated/α-hetero) is 1. The van der Waals surface area contributed by atoms with Crippen LogP contribution < -0.4 is 4.90 Å². The normalized spacial score (nSPS) is 18.2. The van der Waals surface area contributed by atoms with Gasteiger partial charge in [-0.25, -0.2) is 0 Å². The molecule has 2 aromatic rings. The van der Waals surface area contributed by atoms with Crippen molar-refractivity contribution in [3.05, 3.63) is 76.9 Å². The van der Waals surface area contributed by atoms with Gasteiger partial charge in [0.2, 0.25) is 0 Å². The van der Waals surface area contributed by atoms with Crippen molar-refractivity contribution < 1.29 is 4.79 Å². The van der Waals surface area contributed by atoms with Crippen LogP contribution in [0.2, 0.25) is 0 Å². The zero-order valence-electron chi connectivity index (χ0n) is 14.3. The smallest absolute Gasteiger partial charge is 0.185 e. The molecular weight excluding hydrogens is 294 g/mol. The molecule has 122 valence electrons. The number of allylic oxidation sites excluding steroid dienone is 2. The largest absolute Gasteiger partial charge is 0.378 e. The molecule has 0 radical (unpaired) electrons. The number of rotatable bonds is 3. The van der Waals surface area contributed by atoms with Crippen molar-refractivity contribution in [1.82, 2.24) is 0 Å². The van der Waals surface area contributed by atoms with Gasteiger partial charge >= 0.3 is 0 Å². The lowest BCUT2D eigenvalue weighted by Crippen LogP contribution is -2.12. The molecule has 1 saturated carbocycles. The maximum absolute atomic E-state index is 12.8. The summed E-state index contributed by atoms with van der Waals surface area (Å²) in [5.41, 5.74) is 5.18. The summed E-state index contributed by atoms with van der Waals surface area (Å²) in [5.74, 6) is 0.196. The summed E-state index contributed by atoms with van der Waals surface area (Å²) < 4.78 is 0. The third-order valence-corrected chi connectivity index (χ3v) is 4.37. The molecule has 0 atom stereocenters. The highest BCUT2D eigenvalue weighted by Crippen LogP contribution is 2.28. The van der Waals surface area contributed by atoms with Crippen LogP contribution in [0.5, 0.6) is 0 Å². The van der Waals surface area contributed by atoms with E-state index >= 15 is 0 Å². The molecule has 0 heterocycles. The van der Waals surface area contributed by atoms with Gasteiger partial charge in [0.1, 0.15) is 0 Å². The van der Waals surface area contributed by atoms with Crippen LogP contribution in [0, 0.1) is 0 Å². The number of carbonyl (C=O) groups excluding carboxylic acids is 1. The quantitative estimate of drug-likeness (QED) is 0.745. The Bertz CT molecular complexity index is 767. The van der Waals surface area contributed by atoms with Crippen LogP contribution in [0.1, 0.15) is 30.4 Å². The molecular formula is C22H23NO. The average Bonchev–Trinajstić information content (AvgIpc) is 2.60. The van der Waals surface area contributed by atoms with Gasteiger partial charge in [-0.3, -0.25) is 4.79 Å². The van der Waals surface area contributed by atoms with E-state index in [0.717, 1.165) is 47.2 Å². The lowest BCUT2D eigenvalue weighted by molar-refractivity contribution is -0.112. The molecule has 24 heavy (non-hydrogen) atoms. The highest BCUT2D eigenvalue weighted by atomic mass is 16.1. The van der Waals surface area contributed by atoms with E-state index in [1.807, 2.05) is 56.6 Å². The summed E-state index contributed by atoms with van der Waals surface area (Å²) in [7, 11) is 4.05. The van der Waals surface area contributed by atoms with E-state index in [9.17, 15) is 4.79 Å². The number of anilines is 1. The van der Waals surface area contributed by atoms with Crippen LogP contribution in [0.3, 0.4) is 0 Å². The van der Waals surface area contributed by atoms with Crippen LogP contribution in [-0.2, 0) is 4.79 Å². The highest BCUT2D eigenvalue weighted by molar-refractivity contribution is 6.13. The second-order valence-corrected chi connectivity index (χ2v) is 6.42. The molecule has 2 nitrogen and oxygen atoms in total. The molecule has 2 aromatic carbocycles. The Balaban J connectivity index is 1.83. The number of benzene rings is 2. The highest BCUT2D eigenvalue weighted by Gasteiger charge is 2.20. The van der Waals surface area contributed by atoms with E-state index in [-0.39, 0.29) is 5.78 Å². The number of hydrogen-bond acceptors (Lipinski definition) is 2. The second kappa shape index (κ2) is 7.31. The summed E-state index contributed by atoms with van der Waals surface area (Å²) in [4.78, 5) is 14.8. The van der Waals surface area contributed by atoms with Gasteiger partial charge in [-0.05, 0) is 54.7 Å². The molecule has 3 rings (SSSR count). The van der Waals surface area contributed by atoms with Crippen molar-refractivity contribution in [1.29, 1.82) is 0 Å². The maximum Gasteiger partial charge on any atom is 0.185 e. The molecule has 0 saturated heterocycles. The van der Waals surface area contributed by atoms with Gasteiger partial charge in [0.05, 0.1) is 0 Å². The molecule has 0 aliphatic heterocycles. The van der Waals surface area contributed by atoms with Gasteiger partial charge < -0.3 is 4.90 Å². The predicted octanol–water partition coefficient (Wildman–Crippen LogP) is 4.97. The zero-order chi connectivity index (χ0) is 16.9. The number of carbonyl (C=O) groups is 1. The number of ketones is 1. The first-order valence-corrected chi connectivity index (χ1v) is 8.42. The standard InChI is InChI=1S/C22H23NO/c1-23(2)21-13-11-18(12-14-21)16-20-10-6-9-19(22(20)24)15-17-7-4-3-5-8-17/h3-5,7-8,11-16H,6,9-10H2,1-2H3/b19-15?,20-16+. The lowest BCUT2D eigenvalue weighted by atomic mass is 9.87. The van der Waals surface area contributed by atoms with Crippen LogP contribution in [-0.4, -0.2) is 19.9 Å². The fraction of sp³-hybridized carbons (Fsp3) is 0.227. The van der Waals surface area contributed by atoms with Crippen LogP contribution in [0.25, 0.3) is 12.2 Å². The van der Waals surface area contributed by atoms with Crippen LogP contribution >= 0.6 is 0 Å². The van der Waals surface area contributed by atoms with E-state index in [4.69, 9.17) is 0 Å². The molecule has 0 spiro atoms. The lowest BCUT2D eigenvalue weighted by Gasteiger charge is -2.17. The number of nitrogens with zero attached hydrogens (tertiary/aromatic N) is 1. The Morgan fingerprint density at radius 1 is 0.792 bits per heavy atom. The molecule has 0 unspecified atom stereocenters. The topological polar surface area (TPSA) is 20.3 Å². The van der Waals surface area contributed by atoms with E-state index in [1.54, 1.807) is 0 Å². The van der Waals surface area contributed by atoms with E-state index < -0.39 is 0 Å². The minimum absolute atomic E-state index is 0.196. The Kier molecular flexibility index (Phi) is 4.95. The zero-order valence-corrected chi connectivity index (χ0v) is 14.3. The van der Waals surface area contributed by atoms with Gasteiger partial charge in [0.25, 0.3) is 0 Å². The van der Waals surface area contributed by atoms with E-state index in [1.165, 1.54) is 0 Å². The molecule has 0 bridgehead atoms. The summed E-state index contributed by atoms with van der Waals surface area (Å²) in [6.07, 6.45) is 6.83. The molecule has 1 fully saturated rings. The fourth-order valence-electron chi connectivity index (χ4n) is 3.00. The molecule has 1 aliphatic rings. The SMILES string of the molecule is CN(C)c1ccc(/C=C2\CCCC(=Cc3ccccc3)C2=O)cc1. The van der Waals surface area contributed by atoms with Crippen molar-refractivity contribution in [2.45, 2.75) is 19.3 Å². The van der Waals surface area contributed by atoms with Gasteiger partial charge in [0.15, 0.2) is 5.78 Å². The Labute approximate surface area is 144 Å². The molecule has 2 heteroatoms. The van der Waals surface area contributed by atoms with Gasteiger partial charge in [-0.15, -0.1) is 0 Å². The van der Waals surface area contributed by atoms with Gasteiger partial charge in [0, 0.05) is 30.9 Å². The minimum Gasteiger partial charge on any atom is -0.378 e. The van der Waals surface area contributed by atoms with Crippen molar-refractivity contribution in [3.63, 3.8) is 0 Å². The van der Waals surface area contributed by atoms with E-state index in [0.29, 0.717) is 0 Å². The van der Waals surface area contributed by atoms with Gasteiger partial charge in [-0.2, -0.15) is 0 Å². The minimum atomic E-state index is 0.196. The Morgan fingerprint density at radius 2 is 1.33 bits per heavy atom. The predicted molar refractivity (Wildman–Crippen MR) is 102 cm³/mol. The first kappa shape index (κ1) is 16.3. The summed E-state index contributed by atoms with van der Waals surface area (Å²) >= 11 is 0. The fourth-order valence-corrected chi connectivity index (χ4v) is 3.00. The maximum atomic E-state index is 12.8. The molecule has 0 N–H and O–H groups in total. The monoisotopic (exact) mass is 317 g/mol. The third kappa shape index (κ3) is 3.83. The van der Waals surface area contributed by atoms with Crippen molar-refractivity contribution in [2.24, 2.45) is 0 Å². The molecule has 0 amide bonds. The third-order valence-electron chi connectivity index (χ3n) is 4.37. The number of hydrogen-bond donors (Lipinski definition) is 0. The van der Waals surface area contributed by atoms with Crippen LogP contribution in [0.15, 0.2) is 65.7 Å². The summed E-state index contributed by atoms with van der Waals surface area (Å²) in [5, 5.41) is 0. The average molecular weight is 317 g/mol. The van der Waals surface area contributed by atoms with Crippen molar-refractivity contribution in [2.75, 3.05) is 19.0 Å². The van der Waals surface area contributed by atoms with Crippen LogP contribution in [0.4, 0.5) is 5.69 Å². The van der Waals surface area contributed by atoms with Gasteiger partial charge in [-0.1, -0.05) is 42.5 Å². The Hall–Kier alpha value is -2.61. The summed E-state index contributed by atoms with van der Waals surface area (Å²) in [6, 6.07) is 18.4. The van der Waals surface area contributed by atoms with E-state index in [2.05, 4.69) is 29.2 Å². The first-order chi connectivity index (χ1) is 11.6. The molecule has 0 aromatic heterocycles. The Morgan fingerprint density at radius 3 is 1.88 bits per heavy atom. The molecule has 1 aliphatic carbocycles. The second-order valence-electron chi connectivity index (χ2n) is 6.42. The van der Waals surface area contributed by atoms with Crippen molar-refractivity contribution >= 4 is 23.6 Å². The summed E-state index contributed by atoms with van der Waals surface area (Å²) in [6.45, 7) is 0. The first-order valence-electron chi connectivity index (χ1n) is 8.42. The van der Waals surface area contributed by atoms with Crippen molar-refractivity contribution in [3.8, 4) is 0 Å².